The van der Waals surface area contributed by atoms with Gasteiger partial charge in [-0.1, -0.05) is 0 Å². The minimum atomic E-state index is -0.401. The van der Waals surface area contributed by atoms with Gasteiger partial charge in [0.05, 0.1) is 6.42 Å². The van der Waals surface area contributed by atoms with Gasteiger partial charge in [0, 0.05) is 17.0 Å². The van der Waals surface area contributed by atoms with Crippen LogP contribution in [-0.2, 0) is 6.42 Å². The van der Waals surface area contributed by atoms with Crippen LogP contribution in [0.2, 0.25) is 0 Å². The lowest BCUT2D eigenvalue weighted by molar-refractivity contribution is -0.0848. The van der Waals surface area contributed by atoms with Gasteiger partial charge in [-0.2, -0.15) is 0 Å². The first kappa shape index (κ1) is 7.74. The van der Waals surface area contributed by atoms with E-state index in [1.54, 1.807) is 6.07 Å². The maximum absolute atomic E-state index is 10.7. The molecular formula is C12H10O3. The molecule has 0 radical (unpaired) electrons. The van der Waals surface area contributed by atoms with Crippen molar-refractivity contribution >= 4 is 6.29 Å². The predicted molar refractivity (Wildman–Crippen MR) is 52.2 cm³/mol. The molecule has 1 aromatic rings. The highest BCUT2D eigenvalue weighted by atomic mass is 16.7. The van der Waals surface area contributed by atoms with Crippen molar-refractivity contribution < 1.29 is 14.3 Å². The molecule has 1 unspecified atom stereocenters. The van der Waals surface area contributed by atoms with Crippen LogP contribution in [0.4, 0.5) is 0 Å². The first-order valence-corrected chi connectivity index (χ1v) is 5.31. The molecule has 0 saturated heterocycles. The Hall–Kier alpha value is -1.51. The second kappa shape index (κ2) is 2.18. The first-order valence-electron chi connectivity index (χ1n) is 5.31. The zero-order valence-electron chi connectivity index (χ0n) is 8.16. The number of benzene rings is 1. The highest BCUT2D eigenvalue weighted by Crippen LogP contribution is 2.57. The quantitative estimate of drug-likeness (QED) is 0.687. The second-order valence-electron chi connectivity index (χ2n) is 4.59. The molecule has 1 aliphatic carbocycles. The van der Waals surface area contributed by atoms with Crippen LogP contribution in [-0.4, -0.2) is 12.1 Å². The monoisotopic (exact) mass is 202 g/mol. The zero-order valence-corrected chi connectivity index (χ0v) is 8.16. The number of rotatable bonds is 2. The number of carbonyl (C=O) groups is 1. The number of hydrogen-bond donors (Lipinski definition) is 0. The lowest BCUT2D eigenvalue weighted by Gasteiger charge is -2.25. The number of aldehydes is 1. The summed E-state index contributed by atoms with van der Waals surface area (Å²) in [4.78, 5) is 10.7. The molecule has 15 heavy (non-hydrogen) atoms. The third kappa shape index (κ3) is 0.838. The van der Waals surface area contributed by atoms with Crippen molar-refractivity contribution in [1.29, 1.82) is 0 Å². The van der Waals surface area contributed by atoms with E-state index in [0.29, 0.717) is 11.5 Å². The summed E-state index contributed by atoms with van der Waals surface area (Å²) in [6.45, 7) is 0. The Bertz CT molecular complexity index is 447. The molecule has 0 N–H and O–H groups in total. The van der Waals surface area contributed by atoms with Gasteiger partial charge in [-0.25, -0.2) is 0 Å². The minimum absolute atomic E-state index is 0.401. The SMILES string of the molecule is O=Cc1cc2c3c(c1)OC(C1CC1)(C2)O3. The molecule has 3 nitrogen and oxygen atoms in total. The van der Waals surface area contributed by atoms with Crippen molar-refractivity contribution in [3.05, 3.63) is 23.3 Å². The van der Waals surface area contributed by atoms with Gasteiger partial charge in [-0.05, 0) is 25.0 Å². The molecule has 76 valence electrons. The van der Waals surface area contributed by atoms with Crippen LogP contribution < -0.4 is 9.47 Å². The predicted octanol–water partition coefficient (Wildman–Crippen LogP) is 1.93. The molecule has 1 aromatic carbocycles. The maximum Gasteiger partial charge on any atom is 0.258 e. The van der Waals surface area contributed by atoms with Crippen LogP contribution in [0.1, 0.15) is 28.8 Å². The lowest BCUT2D eigenvalue weighted by atomic mass is 9.99. The molecule has 1 saturated carbocycles. The van der Waals surface area contributed by atoms with Crippen LogP contribution in [0.3, 0.4) is 0 Å². The molecule has 1 atom stereocenters. The largest absolute Gasteiger partial charge is 0.448 e. The summed E-state index contributed by atoms with van der Waals surface area (Å²) >= 11 is 0. The Morgan fingerprint density at radius 3 is 2.87 bits per heavy atom. The Kier molecular flexibility index (Phi) is 1.13. The Morgan fingerprint density at radius 1 is 1.33 bits per heavy atom. The topological polar surface area (TPSA) is 35.5 Å². The van der Waals surface area contributed by atoms with Crippen LogP contribution in [0.15, 0.2) is 12.1 Å². The van der Waals surface area contributed by atoms with Gasteiger partial charge in [0.15, 0.2) is 11.5 Å². The third-order valence-electron chi connectivity index (χ3n) is 3.48. The average Bonchev–Trinajstić information content (AvgIpc) is 2.93. The van der Waals surface area contributed by atoms with Crippen LogP contribution in [0, 0.1) is 5.92 Å². The molecule has 4 rings (SSSR count). The van der Waals surface area contributed by atoms with E-state index < -0.39 is 5.79 Å². The number of fused-ring (bicyclic) bond motifs is 1. The highest BCUT2D eigenvalue weighted by molar-refractivity contribution is 5.78. The highest BCUT2D eigenvalue weighted by Gasteiger charge is 2.58. The fourth-order valence-corrected chi connectivity index (χ4v) is 2.63. The summed E-state index contributed by atoms with van der Waals surface area (Å²) in [5, 5.41) is 0. The van der Waals surface area contributed by atoms with E-state index in [1.165, 1.54) is 12.8 Å². The van der Waals surface area contributed by atoms with Gasteiger partial charge in [-0.3, -0.25) is 4.79 Å². The fourth-order valence-electron chi connectivity index (χ4n) is 2.63. The van der Waals surface area contributed by atoms with Gasteiger partial charge >= 0.3 is 0 Å². The molecular weight excluding hydrogens is 192 g/mol. The van der Waals surface area contributed by atoms with Gasteiger partial charge < -0.3 is 9.47 Å². The van der Waals surface area contributed by atoms with Gasteiger partial charge in [0.2, 0.25) is 0 Å². The van der Waals surface area contributed by atoms with E-state index in [4.69, 9.17) is 9.47 Å². The molecule has 1 fully saturated rings. The molecule has 0 spiro atoms. The Morgan fingerprint density at radius 2 is 2.20 bits per heavy atom. The molecule has 3 aliphatic rings. The minimum Gasteiger partial charge on any atom is -0.448 e. The van der Waals surface area contributed by atoms with Crippen molar-refractivity contribution in [2.75, 3.05) is 0 Å². The van der Waals surface area contributed by atoms with Crippen LogP contribution in [0.5, 0.6) is 11.5 Å². The maximum atomic E-state index is 10.7. The average molecular weight is 202 g/mol. The van der Waals surface area contributed by atoms with Gasteiger partial charge in [-0.15, -0.1) is 0 Å². The summed E-state index contributed by atoms with van der Waals surface area (Å²) in [6.07, 6.45) is 4.05. The van der Waals surface area contributed by atoms with E-state index >= 15 is 0 Å². The molecule has 2 aliphatic heterocycles. The van der Waals surface area contributed by atoms with Gasteiger partial charge in [0.25, 0.3) is 5.79 Å². The molecule has 0 aromatic heterocycles. The summed E-state index contributed by atoms with van der Waals surface area (Å²) < 4.78 is 11.7. The summed E-state index contributed by atoms with van der Waals surface area (Å²) in [5.74, 6) is 1.77. The smallest absolute Gasteiger partial charge is 0.258 e. The van der Waals surface area contributed by atoms with E-state index in [0.717, 1.165) is 29.8 Å². The van der Waals surface area contributed by atoms with E-state index in [9.17, 15) is 4.79 Å². The Labute approximate surface area is 87.0 Å². The lowest BCUT2D eigenvalue weighted by Crippen LogP contribution is -2.41. The van der Waals surface area contributed by atoms with E-state index in [2.05, 4.69) is 0 Å². The summed E-state index contributed by atoms with van der Waals surface area (Å²) in [7, 11) is 0. The number of ether oxygens (including phenoxy) is 2. The molecule has 2 bridgehead atoms. The standard InChI is InChI=1S/C12H10O3/c13-6-7-3-8-5-12(9-1-2-9)14-10(4-7)11(8)15-12/h3-4,6,9H,1-2,5H2. The van der Waals surface area contributed by atoms with Crippen molar-refractivity contribution in [2.24, 2.45) is 5.92 Å². The number of hydrogen-bond acceptors (Lipinski definition) is 3. The van der Waals surface area contributed by atoms with Crippen molar-refractivity contribution in [3.8, 4) is 11.5 Å². The van der Waals surface area contributed by atoms with Crippen molar-refractivity contribution in [3.63, 3.8) is 0 Å². The molecule has 2 heterocycles. The molecule has 3 heteroatoms. The van der Waals surface area contributed by atoms with Gasteiger partial charge in [0.1, 0.15) is 6.29 Å². The van der Waals surface area contributed by atoms with E-state index in [-0.39, 0.29) is 0 Å². The summed E-state index contributed by atoms with van der Waals surface area (Å²) in [6, 6.07) is 3.69. The molecule has 0 amide bonds. The van der Waals surface area contributed by atoms with E-state index in [1.807, 2.05) is 6.07 Å². The second-order valence-corrected chi connectivity index (χ2v) is 4.59. The number of carbonyl (C=O) groups excluding carboxylic acids is 1. The van der Waals surface area contributed by atoms with Crippen LogP contribution in [0.25, 0.3) is 0 Å². The normalized spacial score (nSPS) is 29.9. The zero-order chi connectivity index (χ0) is 10.0. The fraction of sp³-hybridized carbons (Fsp3) is 0.417. The first-order chi connectivity index (χ1) is 7.31. The Balaban J connectivity index is 1.87. The summed E-state index contributed by atoms with van der Waals surface area (Å²) in [5.41, 5.74) is 1.81. The van der Waals surface area contributed by atoms with Crippen molar-refractivity contribution in [1.82, 2.24) is 0 Å². The van der Waals surface area contributed by atoms with Crippen LogP contribution >= 0.6 is 0 Å². The van der Waals surface area contributed by atoms with Crippen molar-refractivity contribution in [2.45, 2.75) is 25.0 Å². The third-order valence-corrected chi connectivity index (χ3v) is 3.48.